The molecule has 1 aromatic rings. The highest BCUT2D eigenvalue weighted by Gasteiger charge is 2.21. The normalized spacial score (nSPS) is 21.5. The number of ether oxygens (including phenoxy) is 2. The molecule has 0 aromatic carbocycles. The van der Waals surface area contributed by atoms with E-state index in [1.165, 1.54) is 18.4 Å². The van der Waals surface area contributed by atoms with Crippen LogP contribution in [0.15, 0.2) is 16.4 Å². The lowest BCUT2D eigenvalue weighted by Crippen LogP contribution is -2.41. The summed E-state index contributed by atoms with van der Waals surface area (Å²) in [7, 11) is 0. The quantitative estimate of drug-likeness (QED) is 0.354. The summed E-state index contributed by atoms with van der Waals surface area (Å²) in [6.45, 7) is 11.5. The van der Waals surface area contributed by atoms with Crippen molar-refractivity contribution in [3.8, 4) is 0 Å². The minimum Gasteiger partial charge on any atom is -0.379 e. The lowest BCUT2D eigenvalue weighted by Gasteiger charge is -2.31. The zero-order valence-corrected chi connectivity index (χ0v) is 18.2. The predicted molar refractivity (Wildman–Crippen MR) is 116 cm³/mol. The first kappa shape index (κ1) is 21.6. The molecule has 0 aliphatic carbocycles. The standard InChI is InChI=1S/C21H36N4O2S/c1-3-22-21(23-9-5-11-26-16-19-6-4-12-27-19)24-14-17(2)25-10-7-20-18(15-25)8-13-28-20/h8,13,17,19H,3-7,9-12,14-16H2,1-2H3,(H2,22,23,24). The smallest absolute Gasteiger partial charge is 0.191 e. The van der Waals surface area contributed by atoms with Gasteiger partial charge in [0.1, 0.15) is 0 Å². The van der Waals surface area contributed by atoms with Gasteiger partial charge in [-0.2, -0.15) is 0 Å². The Morgan fingerprint density at radius 1 is 1.46 bits per heavy atom. The Balaban J connectivity index is 1.33. The van der Waals surface area contributed by atoms with E-state index in [9.17, 15) is 0 Å². The van der Waals surface area contributed by atoms with Crippen LogP contribution in [0.25, 0.3) is 0 Å². The van der Waals surface area contributed by atoms with Gasteiger partial charge in [0.05, 0.1) is 19.3 Å². The van der Waals surface area contributed by atoms with Crippen LogP contribution < -0.4 is 10.6 Å². The monoisotopic (exact) mass is 408 g/mol. The van der Waals surface area contributed by atoms with Gasteiger partial charge in [-0.05, 0) is 56.5 Å². The highest BCUT2D eigenvalue weighted by atomic mass is 32.1. The van der Waals surface area contributed by atoms with E-state index in [-0.39, 0.29) is 0 Å². The van der Waals surface area contributed by atoms with E-state index in [4.69, 9.17) is 14.5 Å². The SMILES string of the molecule is CCNC(=NCC(C)N1CCc2sccc2C1)NCCCOCC1CCCO1. The summed E-state index contributed by atoms with van der Waals surface area (Å²) in [5, 5.41) is 9.00. The Labute approximate surface area is 173 Å². The summed E-state index contributed by atoms with van der Waals surface area (Å²) < 4.78 is 11.3. The Morgan fingerprint density at radius 3 is 3.21 bits per heavy atom. The molecule has 2 aliphatic rings. The van der Waals surface area contributed by atoms with Gasteiger partial charge >= 0.3 is 0 Å². The van der Waals surface area contributed by atoms with Crippen molar-refractivity contribution in [3.63, 3.8) is 0 Å². The van der Waals surface area contributed by atoms with E-state index in [2.05, 4.69) is 40.8 Å². The topological polar surface area (TPSA) is 58.1 Å². The van der Waals surface area contributed by atoms with Crippen LogP contribution in [-0.4, -0.2) is 69.0 Å². The molecule has 0 radical (unpaired) electrons. The van der Waals surface area contributed by atoms with E-state index in [1.54, 1.807) is 4.88 Å². The maximum atomic E-state index is 5.73. The fourth-order valence-electron chi connectivity index (χ4n) is 3.70. The number of nitrogens with one attached hydrogen (secondary N) is 2. The Morgan fingerprint density at radius 2 is 2.39 bits per heavy atom. The van der Waals surface area contributed by atoms with Crippen molar-refractivity contribution in [1.29, 1.82) is 0 Å². The van der Waals surface area contributed by atoms with E-state index in [0.717, 1.165) is 71.3 Å². The molecule has 0 spiro atoms. The Kier molecular flexibility index (Phi) is 9.05. The molecule has 1 aromatic heterocycles. The van der Waals surface area contributed by atoms with Crippen molar-refractivity contribution in [2.24, 2.45) is 4.99 Å². The van der Waals surface area contributed by atoms with Crippen LogP contribution in [0.5, 0.6) is 0 Å². The van der Waals surface area contributed by atoms with Crippen molar-refractivity contribution < 1.29 is 9.47 Å². The van der Waals surface area contributed by atoms with Gasteiger partial charge in [-0.25, -0.2) is 0 Å². The van der Waals surface area contributed by atoms with Gasteiger partial charge in [-0.15, -0.1) is 11.3 Å². The second-order valence-corrected chi connectivity index (χ2v) is 8.65. The summed E-state index contributed by atoms with van der Waals surface area (Å²) in [5.74, 6) is 0.904. The highest BCUT2D eigenvalue weighted by molar-refractivity contribution is 7.10. The molecule has 0 saturated carbocycles. The Hall–Kier alpha value is -1.15. The molecule has 2 aliphatic heterocycles. The number of guanidine groups is 1. The molecule has 7 heteroatoms. The van der Waals surface area contributed by atoms with Crippen molar-refractivity contribution in [3.05, 3.63) is 21.9 Å². The number of aliphatic imine (C=N–C) groups is 1. The third-order valence-electron chi connectivity index (χ3n) is 5.40. The van der Waals surface area contributed by atoms with Crippen LogP contribution in [0.3, 0.4) is 0 Å². The van der Waals surface area contributed by atoms with Gasteiger partial charge in [0.2, 0.25) is 0 Å². The first-order chi connectivity index (χ1) is 13.8. The first-order valence-electron chi connectivity index (χ1n) is 10.8. The second-order valence-electron chi connectivity index (χ2n) is 7.65. The van der Waals surface area contributed by atoms with Crippen LogP contribution in [0.1, 0.15) is 43.6 Å². The fraction of sp³-hybridized carbons (Fsp3) is 0.762. The third-order valence-corrected chi connectivity index (χ3v) is 6.43. The van der Waals surface area contributed by atoms with Gasteiger partial charge in [-0.1, -0.05) is 0 Å². The summed E-state index contributed by atoms with van der Waals surface area (Å²) in [4.78, 5) is 8.91. The lowest BCUT2D eigenvalue weighted by atomic mass is 10.1. The maximum Gasteiger partial charge on any atom is 0.191 e. The molecule has 3 rings (SSSR count). The Bertz CT molecular complexity index is 601. The zero-order valence-electron chi connectivity index (χ0n) is 17.4. The number of rotatable bonds is 10. The van der Waals surface area contributed by atoms with Crippen LogP contribution in [0.2, 0.25) is 0 Å². The molecule has 2 N–H and O–H groups in total. The van der Waals surface area contributed by atoms with Gasteiger partial charge in [0.15, 0.2) is 5.96 Å². The lowest BCUT2D eigenvalue weighted by molar-refractivity contribution is 0.0168. The summed E-state index contributed by atoms with van der Waals surface area (Å²) in [6, 6.07) is 2.72. The molecular weight excluding hydrogens is 372 g/mol. The van der Waals surface area contributed by atoms with Crippen LogP contribution in [0.4, 0.5) is 0 Å². The second kappa shape index (κ2) is 11.8. The number of nitrogens with zero attached hydrogens (tertiary/aromatic N) is 2. The largest absolute Gasteiger partial charge is 0.379 e. The number of hydrogen-bond acceptors (Lipinski definition) is 5. The van der Waals surface area contributed by atoms with E-state index in [0.29, 0.717) is 12.1 Å². The van der Waals surface area contributed by atoms with Crippen LogP contribution >= 0.6 is 11.3 Å². The molecule has 28 heavy (non-hydrogen) atoms. The first-order valence-corrected chi connectivity index (χ1v) is 11.6. The summed E-state index contributed by atoms with van der Waals surface area (Å²) >= 11 is 1.89. The molecule has 2 unspecified atom stereocenters. The molecule has 3 heterocycles. The average molecular weight is 409 g/mol. The maximum absolute atomic E-state index is 5.73. The minimum atomic E-state index is 0.313. The molecule has 1 fully saturated rings. The third kappa shape index (κ3) is 6.72. The molecule has 1 saturated heterocycles. The van der Waals surface area contributed by atoms with Gasteiger partial charge in [0.25, 0.3) is 0 Å². The number of hydrogen-bond donors (Lipinski definition) is 2. The minimum absolute atomic E-state index is 0.313. The molecule has 0 bridgehead atoms. The number of thiophene rings is 1. The molecule has 0 amide bonds. The van der Waals surface area contributed by atoms with E-state index >= 15 is 0 Å². The zero-order chi connectivity index (χ0) is 19.6. The van der Waals surface area contributed by atoms with Crippen LogP contribution in [-0.2, 0) is 22.4 Å². The van der Waals surface area contributed by atoms with Crippen molar-refractivity contribution in [2.75, 3.05) is 46.0 Å². The van der Waals surface area contributed by atoms with Crippen molar-refractivity contribution >= 4 is 17.3 Å². The number of fused-ring (bicyclic) bond motifs is 1. The highest BCUT2D eigenvalue weighted by Crippen LogP contribution is 2.25. The van der Waals surface area contributed by atoms with Crippen molar-refractivity contribution in [1.82, 2.24) is 15.5 Å². The summed E-state index contributed by atoms with van der Waals surface area (Å²) in [5.41, 5.74) is 1.50. The van der Waals surface area contributed by atoms with E-state index < -0.39 is 0 Å². The molecule has 6 nitrogen and oxygen atoms in total. The van der Waals surface area contributed by atoms with E-state index in [1.807, 2.05) is 11.3 Å². The van der Waals surface area contributed by atoms with Gasteiger partial charge < -0.3 is 20.1 Å². The molecule has 158 valence electrons. The molecule has 2 atom stereocenters. The predicted octanol–water partition coefficient (Wildman–Crippen LogP) is 2.64. The average Bonchev–Trinajstić information content (AvgIpc) is 3.39. The summed E-state index contributed by atoms with van der Waals surface area (Å²) in [6.07, 6.45) is 4.76. The van der Waals surface area contributed by atoms with Gasteiger partial charge in [0, 0.05) is 50.3 Å². The van der Waals surface area contributed by atoms with Gasteiger partial charge in [-0.3, -0.25) is 9.89 Å². The van der Waals surface area contributed by atoms with Crippen LogP contribution in [0, 0.1) is 0 Å². The molecular formula is C21H36N4O2S. The fourth-order valence-corrected chi connectivity index (χ4v) is 4.59. The van der Waals surface area contributed by atoms with Crippen molar-refractivity contribution in [2.45, 2.75) is 58.2 Å².